The first-order chi connectivity index (χ1) is 11.8. The van der Waals surface area contributed by atoms with E-state index in [1.165, 1.54) is 12.0 Å². The lowest BCUT2D eigenvalue weighted by Crippen LogP contribution is -2.51. The molecule has 1 heterocycles. The van der Waals surface area contributed by atoms with E-state index in [2.05, 4.69) is 6.08 Å². The number of carbonyl (C=O) groups excluding carboxylic acids is 2. The van der Waals surface area contributed by atoms with E-state index in [0.717, 1.165) is 38.6 Å². The molecule has 1 saturated carbocycles. The van der Waals surface area contributed by atoms with Crippen molar-refractivity contribution in [2.45, 2.75) is 84.3 Å². The number of piperidine rings is 1. The van der Waals surface area contributed by atoms with Gasteiger partial charge in [-0.3, -0.25) is 4.79 Å². The number of hydrogen-bond acceptors (Lipinski definition) is 4. The fraction of sp³-hybridized carbons (Fsp3) is 0.800. The number of hydrogen-bond donors (Lipinski definition) is 0. The summed E-state index contributed by atoms with van der Waals surface area (Å²) < 4.78 is 10.6. The highest BCUT2D eigenvalue weighted by molar-refractivity contribution is 5.69. The van der Waals surface area contributed by atoms with Gasteiger partial charge in [0.25, 0.3) is 0 Å². The zero-order valence-electron chi connectivity index (χ0n) is 16.2. The summed E-state index contributed by atoms with van der Waals surface area (Å²) in [6.07, 6.45) is 8.50. The smallest absolute Gasteiger partial charge is 0.410 e. The van der Waals surface area contributed by atoms with Gasteiger partial charge in [0.1, 0.15) is 5.60 Å². The summed E-state index contributed by atoms with van der Waals surface area (Å²) in [4.78, 5) is 26.0. The van der Waals surface area contributed by atoms with Crippen LogP contribution in [0.15, 0.2) is 11.6 Å². The normalized spacial score (nSPS) is 25.4. The molecule has 0 spiro atoms. The molecule has 2 atom stereocenters. The van der Waals surface area contributed by atoms with E-state index >= 15 is 0 Å². The van der Waals surface area contributed by atoms with Crippen LogP contribution in [0.3, 0.4) is 0 Å². The Morgan fingerprint density at radius 1 is 1.28 bits per heavy atom. The van der Waals surface area contributed by atoms with Crippen molar-refractivity contribution in [1.29, 1.82) is 0 Å². The average Bonchev–Trinajstić information content (AvgIpc) is 2.53. The van der Waals surface area contributed by atoms with Gasteiger partial charge < -0.3 is 14.4 Å². The van der Waals surface area contributed by atoms with Crippen molar-refractivity contribution in [1.82, 2.24) is 4.90 Å². The standard InChI is InChI=1S/C20H33NO4/c1-5-24-18(22)10-6-8-15-11-12-16-9-7-13-21(17(16)14-15)19(23)25-20(2,3)4/h8,16-17H,5-7,9-14H2,1-4H3/b15-8-/t16-,17-/m0/s1. The van der Waals surface area contributed by atoms with Gasteiger partial charge in [0.05, 0.1) is 6.61 Å². The molecule has 0 aromatic carbocycles. The molecular formula is C20H33NO4. The van der Waals surface area contributed by atoms with Gasteiger partial charge in [-0.2, -0.15) is 0 Å². The summed E-state index contributed by atoms with van der Waals surface area (Å²) in [5.74, 6) is 0.435. The topological polar surface area (TPSA) is 55.8 Å². The van der Waals surface area contributed by atoms with E-state index in [1.807, 2.05) is 32.6 Å². The highest BCUT2D eigenvalue weighted by Crippen LogP contribution is 2.38. The van der Waals surface area contributed by atoms with Crippen LogP contribution in [0.1, 0.15) is 72.6 Å². The minimum absolute atomic E-state index is 0.138. The van der Waals surface area contributed by atoms with E-state index in [1.54, 1.807) is 0 Å². The highest BCUT2D eigenvalue weighted by atomic mass is 16.6. The lowest BCUT2D eigenvalue weighted by molar-refractivity contribution is -0.143. The molecule has 25 heavy (non-hydrogen) atoms. The first kappa shape index (κ1) is 19.8. The van der Waals surface area contributed by atoms with Gasteiger partial charge in [0.2, 0.25) is 0 Å². The van der Waals surface area contributed by atoms with Crippen LogP contribution < -0.4 is 0 Å². The molecule has 0 bridgehead atoms. The average molecular weight is 351 g/mol. The molecular weight excluding hydrogens is 318 g/mol. The molecule has 142 valence electrons. The fourth-order valence-electron chi connectivity index (χ4n) is 3.85. The predicted octanol–water partition coefficient (Wildman–Crippen LogP) is 4.46. The quantitative estimate of drug-likeness (QED) is 0.554. The number of ether oxygens (including phenoxy) is 2. The van der Waals surface area contributed by atoms with Gasteiger partial charge in [-0.05, 0) is 72.1 Å². The number of carbonyl (C=O) groups is 2. The molecule has 1 aliphatic carbocycles. The maximum Gasteiger partial charge on any atom is 0.410 e. The molecule has 0 aromatic heterocycles. The van der Waals surface area contributed by atoms with Gasteiger partial charge >= 0.3 is 12.1 Å². The molecule has 2 aliphatic rings. The van der Waals surface area contributed by atoms with Crippen molar-refractivity contribution in [2.24, 2.45) is 5.92 Å². The van der Waals surface area contributed by atoms with Crippen LogP contribution in [-0.4, -0.2) is 41.8 Å². The SMILES string of the molecule is CCOC(=O)CC/C=C1/CC[C@@H]2CCCN(C(=O)OC(C)(C)C)[C@H]2C1. The van der Waals surface area contributed by atoms with Crippen molar-refractivity contribution in [2.75, 3.05) is 13.2 Å². The molecule has 1 amide bonds. The Bertz CT molecular complexity index is 506. The number of amides is 1. The molecule has 0 N–H and O–H groups in total. The third kappa shape index (κ3) is 6.05. The number of allylic oxidation sites excluding steroid dienone is 1. The van der Waals surface area contributed by atoms with E-state index in [9.17, 15) is 9.59 Å². The summed E-state index contributed by atoms with van der Waals surface area (Å²) in [6.45, 7) is 8.78. The number of rotatable bonds is 4. The molecule has 5 heteroatoms. The third-order valence-corrected chi connectivity index (χ3v) is 4.94. The van der Waals surface area contributed by atoms with Crippen LogP contribution in [0, 0.1) is 5.92 Å². The lowest BCUT2D eigenvalue weighted by atomic mass is 9.76. The molecule has 0 unspecified atom stereocenters. The van der Waals surface area contributed by atoms with Crippen molar-refractivity contribution in [3.8, 4) is 0 Å². The lowest BCUT2D eigenvalue weighted by Gasteiger charge is -2.44. The molecule has 0 radical (unpaired) electrons. The molecule has 5 nitrogen and oxygen atoms in total. The maximum absolute atomic E-state index is 12.6. The Hall–Kier alpha value is -1.52. The summed E-state index contributed by atoms with van der Waals surface area (Å²) in [5, 5.41) is 0. The Labute approximate surface area is 151 Å². The monoisotopic (exact) mass is 351 g/mol. The van der Waals surface area contributed by atoms with E-state index in [-0.39, 0.29) is 18.1 Å². The Morgan fingerprint density at radius 2 is 2.04 bits per heavy atom. The van der Waals surface area contributed by atoms with Crippen LogP contribution in [0.4, 0.5) is 4.79 Å². The van der Waals surface area contributed by atoms with E-state index in [0.29, 0.717) is 18.9 Å². The number of esters is 1. The van der Waals surface area contributed by atoms with Gasteiger partial charge in [-0.15, -0.1) is 0 Å². The Kier molecular flexibility index (Phi) is 6.91. The number of likely N-dealkylation sites (tertiary alicyclic amines) is 1. The van der Waals surface area contributed by atoms with Crippen LogP contribution >= 0.6 is 0 Å². The second-order valence-corrected chi connectivity index (χ2v) is 8.09. The van der Waals surface area contributed by atoms with Crippen LogP contribution in [0.2, 0.25) is 0 Å². The second kappa shape index (κ2) is 8.72. The van der Waals surface area contributed by atoms with Crippen LogP contribution in [-0.2, 0) is 14.3 Å². The van der Waals surface area contributed by atoms with E-state index < -0.39 is 5.60 Å². The predicted molar refractivity (Wildman–Crippen MR) is 97.3 cm³/mol. The van der Waals surface area contributed by atoms with Gasteiger partial charge in [-0.1, -0.05) is 11.6 Å². The molecule has 2 rings (SSSR count). The highest BCUT2D eigenvalue weighted by Gasteiger charge is 2.38. The van der Waals surface area contributed by atoms with Gasteiger partial charge in [0, 0.05) is 19.0 Å². The Balaban J connectivity index is 1.95. The summed E-state index contributed by atoms with van der Waals surface area (Å²) in [5.41, 5.74) is 0.901. The molecule has 0 aromatic rings. The van der Waals surface area contributed by atoms with Crippen molar-refractivity contribution in [3.05, 3.63) is 11.6 Å². The van der Waals surface area contributed by atoms with Gasteiger partial charge in [0.15, 0.2) is 0 Å². The zero-order chi connectivity index (χ0) is 18.4. The van der Waals surface area contributed by atoms with Crippen molar-refractivity contribution in [3.63, 3.8) is 0 Å². The molecule has 2 fully saturated rings. The zero-order valence-corrected chi connectivity index (χ0v) is 16.2. The van der Waals surface area contributed by atoms with Gasteiger partial charge in [-0.25, -0.2) is 4.79 Å². The van der Waals surface area contributed by atoms with Crippen LogP contribution in [0.25, 0.3) is 0 Å². The number of fused-ring (bicyclic) bond motifs is 1. The fourth-order valence-corrected chi connectivity index (χ4v) is 3.85. The minimum Gasteiger partial charge on any atom is -0.466 e. The molecule has 1 saturated heterocycles. The van der Waals surface area contributed by atoms with E-state index in [4.69, 9.17) is 9.47 Å². The first-order valence-electron chi connectivity index (χ1n) is 9.63. The third-order valence-electron chi connectivity index (χ3n) is 4.94. The first-order valence-corrected chi connectivity index (χ1v) is 9.63. The summed E-state index contributed by atoms with van der Waals surface area (Å²) >= 11 is 0. The second-order valence-electron chi connectivity index (χ2n) is 8.09. The minimum atomic E-state index is -0.461. The summed E-state index contributed by atoms with van der Waals surface area (Å²) in [7, 11) is 0. The van der Waals surface area contributed by atoms with Crippen LogP contribution in [0.5, 0.6) is 0 Å². The summed E-state index contributed by atoms with van der Waals surface area (Å²) in [6, 6.07) is 0.242. The Morgan fingerprint density at radius 3 is 2.72 bits per heavy atom. The largest absolute Gasteiger partial charge is 0.466 e. The van der Waals surface area contributed by atoms with Crippen molar-refractivity contribution >= 4 is 12.1 Å². The number of nitrogens with zero attached hydrogens (tertiary/aromatic N) is 1. The van der Waals surface area contributed by atoms with Crippen molar-refractivity contribution < 1.29 is 19.1 Å². The molecule has 1 aliphatic heterocycles. The maximum atomic E-state index is 12.6.